The second kappa shape index (κ2) is 8.20. The Kier molecular flexibility index (Phi) is 6.47. The molecular weight excluding hydrogens is 360 g/mol. The predicted molar refractivity (Wildman–Crippen MR) is 102 cm³/mol. The van der Waals surface area contributed by atoms with Gasteiger partial charge in [0.15, 0.2) is 0 Å². The molecule has 0 aromatic heterocycles. The average Bonchev–Trinajstić information content (AvgIpc) is 2.58. The molecule has 1 N–H and O–H groups in total. The van der Waals surface area contributed by atoms with Crippen molar-refractivity contribution in [1.82, 2.24) is 5.32 Å². The van der Waals surface area contributed by atoms with Crippen LogP contribution in [-0.2, 0) is 16.8 Å². The first-order chi connectivity index (χ1) is 11.8. The first-order valence-corrected chi connectivity index (χ1v) is 9.02. The van der Waals surface area contributed by atoms with E-state index in [0.29, 0.717) is 17.0 Å². The van der Waals surface area contributed by atoms with E-state index >= 15 is 0 Å². The van der Waals surface area contributed by atoms with Gasteiger partial charge in [-0.25, -0.2) is 4.39 Å². The minimum Gasteiger partial charge on any atom is -0.351 e. The van der Waals surface area contributed by atoms with Gasteiger partial charge in [0.1, 0.15) is 5.82 Å². The Morgan fingerprint density at radius 2 is 1.84 bits per heavy atom. The quantitative estimate of drug-likeness (QED) is 0.671. The molecule has 0 aliphatic rings. The maximum absolute atomic E-state index is 13.5. The first-order valence-electron chi connectivity index (χ1n) is 8.26. The van der Waals surface area contributed by atoms with Crippen molar-refractivity contribution in [3.05, 3.63) is 69.0 Å². The summed E-state index contributed by atoms with van der Waals surface area (Å²) in [6.07, 6.45) is 1.57. The molecule has 25 heavy (non-hydrogen) atoms. The topological polar surface area (TPSA) is 29.1 Å². The van der Waals surface area contributed by atoms with Gasteiger partial charge in [0, 0.05) is 11.6 Å². The lowest BCUT2D eigenvalue weighted by atomic mass is 9.77. The van der Waals surface area contributed by atoms with Crippen LogP contribution in [0, 0.1) is 12.7 Å². The zero-order chi connectivity index (χ0) is 18.6. The molecule has 1 unspecified atom stereocenters. The molecule has 1 amide bonds. The summed E-state index contributed by atoms with van der Waals surface area (Å²) >= 11 is 11.8. The van der Waals surface area contributed by atoms with Crippen LogP contribution in [0.15, 0.2) is 36.4 Å². The third-order valence-corrected chi connectivity index (χ3v) is 5.21. The zero-order valence-electron chi connectivity index (χ0n) is 14.6. The molecule has 1 atom stereocenters. The standard InChI is InChI=1S/C20H22Cl2FNO/c1-4-9-20(3,15-6-8-16(21)13(2)10-15)19(25)24-12-14-5-7-17(22)18(23)11-14/h5-8,10-11H,4,9,12H2,1-3H3,(H,24,25). The molecule has 0 bridgehead atoms. The van der Waals surface area contributed by atoms with E-state index in [1.807, 2.05) is 39.0 Å². The van der Waals surface area contributed by atoms with Crippen molar-refractivity contribution in [3.63, 3.8) is 0 Å². The van der Waals surface area contributed by atoms with Gasteiger partial charge >= 0.3 is 0 Å². The summed E-state index contributed by atoms with van der Waals surface area (Å²) in [4.78, 5) is 12.9. The van der Waals surface area contributed by atoms with Gasteiger partial charge < -0.3 is 5.32 Å². The lowest BCUT2D eigenvalue weighted by Gasteiger charge is -2.29. The average molecular weight is 382 g/mol. The van der Waals surface area contributed by atoms with E-state index in [4.69, 9.17) is 23.2 Å². The molecule has 2 aromatic rings. The Hall–Kier alpha value is -1.58. The summed E-state index contributed by atoms with van der Waals surface area (Å²) in [5, 5.41) is 3.67. The lowest BCUT2D eigenvalue weighted by Crippen LogP contribution is -2.42. The molecule has 134 valence electrons. The Morgan fingerprint density at radius 3 is 2.44 bits per heavy atom. The smallest absolute Gasteiger partial charge is 0.230 e. The third-order valence-electron chi connectivity index (χ3n) is 4.48. The molecular formula is C20H22Cl2FNO. The van der Waals surface area contributed by atoms with Gasteiger partial charge in [-0.1, -0.05) is 54.7 Å². The number of hydrogen-bond donors (Lipinski definition) is 1. The van der Waals surface area contributed by atoms with Crippen LogP contribution in [0.3, 0.4) is 0 Å². The molecule has 0 aliphatic carbocycles. The van der Waals surface area contributed by atoms with Crippen LogP contribution >= 0.6 is 23.2 Å². The third kappa shape index (κ3) is 4.53. The summed E-state index contributed by atoms with van der Waals surface area (Å²) in [7, 11) is 0. The van der Waals surface area contributed by atoms with Crippen molar-refractivity contribution in [3.8, 4) is 0 Å². The maximum atomic E-state index is 13.5. The number of nitrogens with one attached hydrogen (secondary N) is 1. The summed E-state index contributed by atoms with van der Waals surface area (Å²) in [5.41, 5.74) is 1.86. The van der Waals surface area contributed by atoms with Gasteiger partial charge in [-0.2, -0.15) is 0 Å². The van der Waals surface area contributed by atoms with Gasteiger partial charge in [0.25, 0.3) is 0 Å². The highest BCUT2D eigenvalue weighted by molar-refractivity contribution is 6.31. The molecule has 0 radical (unpaired) electrons. The van der Waals surface area contributed by atoms with Gasteiger partial charge in [-0.05, 0) is 55.2 Å². The van der Waals surface area contributed by atoms with Crippen LogP contribution in [0.5, 0.6) is 0 Å². The molecule has 0 fully saturated rings. The Morgan fingerprint density at radius 1 is 1.16 bits per heavy atom. The van der Waals surface area contributed by atoms with E-state index in [1.165, 1.54) is 12.1 Å². The van der Waals surface area contributed by atoms with Crippen molar-refractivity contribution >= 4 is 29.1 Å². The highest BCUT2D eigenvalue weighted by atomic mass is 35.5. The highest BCUT2D eigenvalue weighted by Gasteiger charge is 2.34. The number of carbonyl (C=O) groups excluding carboxylic acids is 1. The Bertz CT molecular complexity index is 778. The second-order valence-corrected chi connectivity index (χ2v) is 7.29. The number of aryl methyl sites for hydroxylation is 1. The number of hydrogen-bond acceptors (Lipinski definition) is 1. The second-order valence-electron chi connectivity index (χ2n) is 6.48. The maximum Gasteiger partial charge on any atom is 0.230 e. The van der Waals surface area contributed by atoms with Crippen molar-refractivity contribution < 1.29 is 9.18 Å². The largest absolute Gasteiger partial charge is 0.351 e. The van der Waals surface area contributed by atoms with Crippen LogP contribution in [0.4, 0.5) is 4.39 Å². The summed E-state index contributed by atoms with van der Waals surface area (Å²) in [6, 6.07) is 10.2. The summed E-state index contributed by atoms with van der Waals surface area (Å²) < 4.78 is 13.5. The summed E-state index contributed by atoms with van der Waals surface area (Å²) in [6.45, 7) is 6.14. The van der Waals surface area contributed by atoms with Gasteiger partial charge in [0.05, 0.1) is 10.4 Å². The number of carbonyl (C=O) groups is 1. The van der Waals surface area contributed by atoms with E-state index < -0.39 is 11.2 Å². The molecule has 5 heteroatoms. The molecule has 2 rings (SSSR count). The minimum absolute atomic E-state index is 0.0718. The van der Waals surface area contributed by atoms with Crippen LogP contribution in [0.2, 0.25) is 10.0 Å². The van der Waals surface area contributed by atoms with Crippen molar-refractivity contribution in [1.29, 1.82) is 0 Å². The van der Waals surface area contributed by atoms with E-state index in [2.05, 4.69) is 5.32 Å². The van der Waals surface area contributed by atoms with E-state index in [0.717, 1.165) is 17.5 Å². The number of rotatable bonds is 6. The van der Waals surface area contributed by atoms with Crippen LogP contribution < -0.4 is 5.32 Å². The Labute approximate surface area is 158 Å². The molecule has 0 aliphatic heterocycles. The van der Waals surface area contributed by atoms with Gasteiger partial charge in [-0.15, -0.1) is 0 Å². The number of amides is 1. The predicted octanol–water partition coefficient (Wildman–Crippen LogP) is 5.82. The summed E-state index contributed by atoms with van der Waals surface area (Å²) in [5.74, 6) is -0.579. The van der Waals surface area contributed by atoms with Crippen molar-refractivity contribution in [2.24, 2.45) is 0 Å². The first kappa shape index (κ1) is 19.7. The van der Waals surface area contributed by atoms with Crippen LogP contribution in [-0.4, -0.2) is 5.91 Å². The molecule has 0 heterocycles. The fourth-order valence-corrected chi connectivity index (χ4v) is 3.14. The van der Waals surface area contributed by atoms with Crippen LogP contribution in [0.1, 0.15) is 43.4 Å². The fourth-order valence-electron chi connectivity index (χ4n) is 2.90. The van der Waals surface area contributed by atoms with E-state index in [-0.39, 0.29) is 17.5 Å². The SMILES string of the molecule is CCCC(C)(C(=O)NCc1ccc(Cl)c(F)c1)c1ccc(Cl)c(C)c1. The molecule has 2 nitrogen and oxygen atoms in total. The highest BCUT2D eigenvalue weighted by Crippen LogP contribution is 2.32. The lowest BCUT2D eigenvalue weighted by molar-refractivity contribution is -0.126. The molecule has 0 spiro atoms. The number of benzene rings is 2. The van der Waals surface area contributed by atoms with E-state index in [1.54, 1.807) is 6.07 Å². The zero-order valence-corrected chi connectivity index (χ0v) is 16.1. The fraction of sp³-hybridized carbons (Fsp3) is 0.350. The molecule has 2 aromatic carbocycles. The van der Waals surface area contributed by atoms with Crippen LogP contribution in [0.25, 0.3) is 0 Å². The number of halogens is 3. The normalized spacial score (nSPS) is 13.4. The Balaban J connectivity index is 2.21. The van der Waals surface area contributed by atoms with Crippen molar-refractivity contribution in [2.75, 3.05) is 0 Å². The van der Waals surface area contributed by atoms with E-state index in [9.17, 15) is 9.18 Å². The monoisotopic (exact) mass is 381 g/mol. The van der Waals surface area contributed by atoms with Gasteiger partial charge in [-0.3, -0.25) is 4.79 Å². The minimum atomic E-state index is -0.672. The molecule has 0 saturated heterocycles. The van der Waals surface area contributed by atoms with Crippen molar-refractivity contribution in [2.45, 2.75) is 45.6 Å². The molecule has 0 saturated carbocycles. The van der Waals surface area contributed by atoms with Gasteiger partial charge in [0.2, 0.25) is 5.91 Å².